The van der Waals surface area contributed by atoms with Crippen molar-refractivity contribution in [2.24, 2.45) is 0 Å². The normalized spacial score (nSPS) is 23.1. The molecule has 2 bridgehead atoms. The molecule has 0 heterocycles. The monoisotopic (exact) mass is 486 g/mol. The van der Waals surface area contributed by atoms with Gasteiger partial charge in [-0.3, -0.25) is 9.59 Å². The van der Waals surface area contributed by atoms with E-state index in [1.165, 1.54) is 12.1 Å². The second-order valence-electron chi connectivity index (χ2n) is 8.99. The Morgan fingerprint density at radius 3 is 2.36 bits per heavy atom. The van der Waals surface area contributed by atoms with E-state index in [0.29, 0.717) is 23.4 Å². The minimum Gasteiger partial charge on any atom is -0.484 e. The topological polar surface area (TPSA) is 67.4 Å². The number of nitrogens with one attached hydrogen (secondary N) is 2. The molecule has 0 unspecified atom stereocenters. The summed E-state index contributed by atoms with van der Waals surface area (Å²) in [6, 6.07) is 15.1. The van der Waals surface area contributed by atoms with Gasteiger partial charge in [-0.2, -0.15) is 0 Å². The van der Waals surface area contributed by atoms with Crippen molar-refractivity contribution in [2.75, 3.05) is 6.61 Å². The molecule has 0 radical (unpaired) electrons. The summed E-state index contributed by atoms with van der Waals surface area (Å²) in [5.41, 5.74) is -0.0466. The first-order chi connectivity index (χ1) is 15.7. The van der Waals surface area contributed by atoms with Gasteiger partial charge >= 0.3 is 0 Å². The van der Waals surface area contributed by atoms with Crippen molar-refractivity contribution in [3.05, 3.63) is 76.0 Å². The molecule has 33 heavy (non-hydrogen) atoms. The largest absolute Gasteiger partial charge is 0.484 e. The fourth-order valence-corrected chi connectivity index (χ4v) is 5.39. The van der Waals surface area contributed by atoms with Gasteiger partial charge in [0.05, 0.1) is 5.02 Å². The Morgan fingerprint density at radius 2 is 1.61 bits per heavy atom. The zero-order chi connectivity index (χ0) is 23.2. The van der Waals surface area contributed by atoms with Crippen LogP contribution >= 0.6 is 23.2 Å². The highest BCUT2D eigenvalue weighted by atomic mass is 35.5. The van der Waals surface area contributed by atoms with Crippen molar-refractivity contribution in [1.29, 1.82) is 0 Å². The predicted molar refractivity (Wildman–Crippen MR) is 125 cm³/mol. The number of carbonyl (C=O) groups is 2. The van der Waals surface area contributed by atoms with Crippen molar-refractivity contribution in [3.8, 4) is 5.75 Å². The molecule has 3 aromatic rings. The van der Waals surface area contributed by atoms with Crippen LogP contribution in [0.3, 0.4) is 0 Å². The zero-order valence-corrected chi connectivity index (χ0v) is 19.1. The lowest BCUT2D eigenvalue weighted by atomic mass is 9.71. The summed E-state index contributed by atoms with van der Waals surface area (Å²) in [5, 5.41) is 8.80. The van der Waals surface area contributed by atoms with E-state index < -0.39 is 5.82 Å². The fourth-order valence-electron chi connectivity index (χ4n) is 5.10. The predicted octanol–water partition coefficient (Wildman–Crippen LogP) is 5.28. The summed E-state index contributed by atoms with van der Waals surface area (Å²) >= 11 is 11.7. The van der Waals surface area contributed by atoms with Crippen molar-refractivity contribution in [3.63, 3.8) is 0 Å². The van der Waals surface area contributed by atoms with Crippen molar-refractivity contribution in [2.45, 2.75) is 36.8 Å². The minimum absolute atomic E-state index is 0.00223. The number of ether oxygens (including phenoxy) is 1. The molecule has 0 spiro atoms. The number of hydrogen-bond donors (Lipinski definition) is 2. The standard InChI is InChI=1S/C25H21Cl2FN2O3/c26-18-4-3-15-9-17(2-1-16(15)10-18)23(32)30-25-8-7-24(13-25,14-25)29-22(31)12-33-19-5-6-20(27)21(28)11-19/h1-6,9-11H,7-8,12-14H2,(H,29,31)(H,30,32). The van der Waals surface area contributed by atoms with Crippen molar-refractivity contribution >= 4 is 45.8 Å². The highest BCUT2D eigenvalue weighted by Crippen LogP contribution is 2.55. The number of benzene rings is 3. The van der Waals surface area contributed by atoms with Gasteiger partial charge in [-0.1, -0.05) is 35.3 Å². The highest BCUT2D eigenvalue weighted by molar-refractivity contribution is 6.31. The molecule has 3 aliphatic rings. The Hall–Kier alpha value is -2.83. The molecule has 0 saturated heterocycles. The molecular formula is C25H21Cl2FN2O3. The molecule has 3 aliphatic carbocycles. The van der Waals surface area contributed by atoms with E-state index in [0.717, 1.165) is 29.7 Å². The second-order valence-corrected chi connectivity index (χ2v) is 9.83. The maximum Gasteiger partial charge on any atom is 0.258 e. The van der Waals surface area contributed by atoms with Crippen LogP contribution in [0.25, 0.3) is 10.8 Å². The number of fused-ring (bicyclic) bond motifs is 2. The number of halogens is 3. The highest BCUT2D eigenvalue weighted by Gasteiger charge is 2.62. The van der Waals surface area contributed by atoms with Crippen LogP contribution in [0.2, 0.25) is 10.0 Å². The molecule has 8 heteroatoms. The van der Waals surface area contributed by atoms with Crippen LogP contribution in [-0.2, 0) is 4.79 Å². The number of hydrogen-bond acceptors (Lipinski definition) is 3. The minimum atomic E-state index is -0.598. The molecule has 3 fully saturated rings. The van der Waals surface area contributed by atoms with Crippen LogP contribution in [0.1, 0.15) is 36.0 Å². The molecule has 170 valence electrons. The summed E-state index contributed by atoms with van der Waals surface area (Å²) in [5.74, 6) is -0.760. The Balaban J connectivity index is 1.16. The van der Waals surface area contributed by atoms with Gasteiger partial charge in [0.15, 0.2) is 6.61 Å². The summed E-state index contributed by atoms with van der Waals surface area (Å²) in [7, 11) is 0. The molecule has 2 amide bonds. The van der Waals surface area contributed by atoms with Gasteiger partial charge in [0.2, 0.25) is 0 Å². The summed E-state index contributed by atoms with van der Waals surface area (Å²) in [6.07, 6.45) is 2.93. The first kappa shape index (κ1) is 22.0. The van der Waals surface area contributed by atoms with E-state index >= 15 is 0 Å². The summed E-state index contributed by atoms with van der Waals surface area (Å²) in [6.45, 7) is -0.219. The van der Waals surface area contributed by atoms with Gasteiger partial charge < -0.3 is 15.4 Å². The third-order valence-corrected chi connectivity index (χ3v) is 7.09. The maximum atomic E-state index is 13.5. The molecular weight excluding hydrogens is 466 g/mol. The van der Waals surface area contributed by atoms with Crippen LogP contribution in [0.4, 0.5) is 4.39 Å². The van der Waals surface area contributed by atoms with Crippen LogP contribution < -0.4 is 15.4 Å². The van der Waals surface area contributed by atoms with E-state index in [9.17, 15) is 14.0 Å². The van der Waals surface area contributed by atoms with Crippen molar-refractivity contribution in [1.82, 2.24) is 10.6 Å². The van der Waals surface area contributed by atoms with E-state index in [2.05, 4.69) is 10.6 Å². The quantitative estimate of drug-likeness (QED) is 0.498. The first-order valence-corrected chi connectivity index (χ1v) is 11.4. The first-order valence-electron chi connectivity index (χ1n) is 10.7. The maximum absolute atomic E-state index is 13.5. The van der Waals surface area contributed by atoms with E-state index in [-0.39, 0.29) is 40.3 Å². The average molecular weight is 487 g/mol. The summed E-state index contributed by atoms with van der Waals surface area (Å²) in [4.78, 5) is 25.3. The zero-order valence-electron chi connectivity index (χ0n) is 17.6. The molecule has 5 nitrogen and oxygen atoms in total. The van der Waals surface area contributed by atoms with E-state index in [1.807, 2.05) is 24.3 Å². The Kier molecular flexibility index (Phi) is 5.46. The molecule has 0 aliphatic heterocycles. The van der Waals surface area contributed by atoms with Crippen LogP contribution in [-0.4, -0.2) is 29.5 Å². The lowest BCUT2D eigenvalue weighted by Gasteiger charge is -2.48. The fraction of sp³-hybridized carbons (Fsp3) is 0.280. The Bertz CT molecular complexity index is 1270. The SMILES string of the molecule is O=C(COc1ccc(Cl)c(F)c1)NC12CCC(NC(=O)c3ccc4cc(Cl)ccc4c3)(C1)C2. The second kappa shape index (κ2) is 8.19. The van der Waals surface area contributed by atoms with Gasteiger partial charge in [-0.05, 0) is 72.9 Å². The molecule has 0 atom stereocenters. The molecule has 2 N–H and O–H groups in total. The Labute approximate surface area is 200 Å². The molecule has 6 rings (SSSR count). The van der Waals surface area contributed by atoms with Gasteiger partial charge in [-0.15, -0.1) is 0 Å². The van der Waals surface area contributed by atoms with Crippen LogP contribution in [0, 0.1) is 5.82 Å². The lowest BCUT2D eigenvalue weighted by Crippen LogP contribution is -2.64. The van der Waals surface area contributed by atoms with Gasteiger partial charge in [0.25, 0.3) is 11.8 Å². The van der Waals surface area contributed by atoms with Crippen molar-refractivity contribution < 1.29 is 18.7 Å². The van der Waals surface area contributed by atoms with Gasteiger partial charge in [0, 0.05) is 27.7 Å². The molecule has 3 saturated carbocycles. The number of amides is 2. The van der Waals surface area contributed by atoms with E-state index in [4.69, 9.17) is 27.9 Å². The average Bonchev–Trinajstić information content (AvgIpc) is 3.28. The smallest absolute Gasteiger partial charge is 0.258 e. The third-order valence-electron chi connectivity index (χ3n) is 6.54. The number of carbonyl (C=O) groups excluding carboxylic acids is 2. The van der Waals surface area contributed by atoms with E-state index in [1.54, 1.807) is 12.1 Å². The Morgan fingerprint density at radius 1 is 0.909 bits per heavy atom. The van der Waals surface area contributed by atoms with Crippen LogP contribution in [0.15, 0.2) is 54.6 Å². The summed E-state index contributed by atoms with van der Waals surface area (Å²) < 4.78 is 18.9. The number of rotatable bonds is 6. The van der Waals surface area contributed by atoms with Gasteiger partial charge in [-0.25, -0.2) is 4.39 Å². The third kappa shape index (κ3) is 4.37. The van der Waals surface area contributed by atoms with Gasteiger partial charge in [0.1, 0.15) is 11.6 Å². The molecule has 3 aromatic carbocycles. The lowest BCUT2D eigenvalue weighted by molar-refractivity contribution is -0.126. The molecule has 0 aromatic heterocycles. The van der Waals surface area contributed by atoms with Crippen LogP contribution in [0.5, 0.6) is 5.75 Å².